The first-order valence-corrected chi connectivity index (χ1v) is 5.26. The van der Waals surface area contributed by atoms with Crippen molar-refractivity contribution in [1.82, 2.24) is 0 Å². The number of ether oxygens (including phenoxy) is 1. The molecule has 0 saturated carbocycles. The van der Waals surface area contributed by atoms with Gasteiger partial charge in [0.05, 0.1) is 0 Å². The van der Waals surface area contributed by atoms with E-state index in [0.717, 1.165) is 5.56 Å². The van der Waals surface area contributed by atoms with E-state index in [-0.39, 0.29) is 19.4 Å². The van der Waals surface area contributed by atoms with Crippen molar-refractivity contribution in [3.05, 3.63) is 35.9 Å². The van der Waals surface area contributed by atoms with Gasteiger partial charge < -0.3 is 15.6 Å². The zero-order valence-electron chi connectivity index (χ0n) is 9.33. The van der Waals surface area contributed by atoms with E-state index >= 15 is 0 Å². The third kappa shape index (κ3) is 5.12. The van der Waals surface area contributed by atoms with Crippen LogP contribution in [0.25, 0.3) is 0 Å². The monoisotopic (exact) mass is 237 g/mol. The molecule has 0 bridgehead atoms. The minimum Gasteiger partial charge on any atom is -0.461 e. The maximum absolute atomic E-state index is 11.3. The Hall–Kier alpha value is -1.88. The summed E-state index contributed by atoms with van der Waals surface area (Å²) in [7, 11) is 0. The molecule has 0 aliphatic rings. The highest BCUT2D eigenvalue weighted by atomic mass is 16.5. The van der Waals surface area contributed by atoms with Gasteiger partial charge in [-0.1, -0.05) is 30.3 Å². The summed E-state index contributed by atoms with van der Waals surface area (Å²) in [6.07, 6.45) is -1.33. The largest absolute Gasteiger partial charge is 0.461 e. The zero-order valence-corrected chi connectivity index (χ0v) is 9.33. The van der Waals surface area contributed by atoms with Crippen LogP contribution in [0.15, 0.2) is 30.3 Å². The Labute approximate surface area is 99.2 Å². The maximum atomic E-state index is 11.3. The van der Waals surface area contributed by atoms with Crippen molar-refractivity contribution in [3.8, 4) is 0 Å². The van der Waals surface area contributed by atoms with Crippen LogP contribution >= 0.6 is 0 Å². The van der Waals surface area contributed by atoms with Crippen molar-refractivity contribution in [2.24, 2.45) is 5.73 Å². The quantitative estimate of drug-likeness (QED) is 0.699. The summed E-state index contributed by atoms with van der Waals surface area (Å²) in [4.78, 5) is 21.8. The molecule has 3 N–H and O–H groups in total. The van der Waals surface area contributed by atoms with Gasteiger partial charge in [0.25, 0.3) is 0 Å². The van der Waals surface area contributed by atoms with Crippen molar-refractivity contribution in [2.75, 3.05) is 0 Å². The van der Waals surface area contributed by atoms with Gasteiger partial charge in [-0.05, 0) is 12.0 Å². The molecule has 92 valence electrons. The summed E-state index contributed by atoms with van der Waals surface area (Å²) in [5.41, 5.74) is 5.73. The molecule has 0 radical (unpaired) electrons. The molecule has 0 saturated heterocycles. The predicted molar refractivity (Wildman–Crippen MR) is 60.7 cm³/mol. The lowest BCUT2D eigenvalue weighted by atomic mass is 10.2. The Bertz CT molecular complexity index is 377. The van der Waals surface area contributed by atoms with Gasteiger partial charge in [-0.3, -0.25) is 9.59 Å². The third-order valence-corrected chi connectivity index (χ3v) is 2.19. The van der Waals surface area contributed by atoms with Gasteiger partial charge in [-0.2, -0.15) is 0 Å². The molecule has 0 heterocycles. The van der Waals surface area contributed by atoms with Crippen molar-refractivity contribution in [2.45, 2.75) is 25.6 Å². The van der Waals surface area contributed by atoms with Crippen LogP contribution in [-0.4, -0.2) is 23.1 Å². The lowest BCUT2D eigenvalue weighted by Gasteiger charge is -2.07. The van der Waals surface area contributed by atoms with Crippen molar-refractivity contribution in [1.29, 1.82) is 0 Å². The number of carbonyl (C=O) groups is 2. The number of aliphatic hydroxyl groups is 1. The normalized spacial score (nSPS) is 11.8. The van der Waals surface area contributed by atoms with Crippen LogP contribution in [-0.2, 0) is 20.9 Å². The van der Waals surface area contributed by atoms with Gasteiger partial charge in [0.2, 0.25) is 5.91 Å². The lowest BCUT2D eigenvalue weighted by molar-refractivity contribution is -0.145. The Morgan fingerprint density at radius 1 is 1.29 bits per heavy atom. The molecule has 5 nitrogen and oxygen atoms in total. The maximum Gasteiger partial charge on any atom is 0.306 e. The first kappa shape index (κ1) is 13.2. The molecular weight excluding hydrogens is 222 g/mol. The van der Waals surface area contributed by atoms with Crippen LogP contribution in [0.4, 0.5) is 0 Å². The van der Waals surface area contributed by atoms with E-state index in [0.29, 0.717) is 0 Å². The van der Waals surface area contributed by atoms with Gasteiger partial charge in [-0.25, -0.2) is 0 Å². The smallest absolute Gasteiger partial charge is 0.306 e. The molecule has 1 aromatic carbocycles. The third-order valence-electron chi connectivity index (χ3n) is 2.19. The molecule has 1 unspecified atom stereocenters. The predicted octanol–water partition coefficient (Wildman–Crippen LogP) is 0.356. The molecule has 0 aliphatic carbocycles. The van der Waals surface area contributed by atoms with Crippen molar-refractivity contribution in [3.63, 3.8) is 0 Å². The Morgan fingerprint density at radius 2 is 1.94 bits per heavy atom. The summed E-state index contributed by atoms with van der Waals surface area (Å²) >= 11 is 0. The van der Waals surface area contributed by atoms with E-state index in [1.54, 1.807) is 0 Å². The number of carbonyl (C=O) groups excluding carboxylic acids is 2. The van der Waals surface area contributed by atoms with Crippen LogP contribution in [0.3, 0.4) is 0 Å². The van der Waals surface area contributed by atoms with Crippen molar-refractivity contribution < 1.29 is 19.4 Å². The number of aliphatic hydroxyl groups excluding tert-OH is 1. The molecule has 1 atom stereocenters. The highest BCUT2D eigenvalue weighted by molar-refractivity contribution is 5.79. The number of rotatable bonds is 6. The van der Waals surface area contributed by atoms with Crippen LogP contribution in [0, 0.1) is 0 Å². The average Bonchev–Trinajstić information content (AvgIpc) is 2.34. The van der Waals surface area contributed by atoms with E-state index in [2.05, 4.69) is 0 Å². The number of nitrogens with two attached hydrogens (primary N) is 1. The van der Waals surface area contributed by atoms with Crippen LogP contribution in [0.1, 0.15) is 18.4 Å². The minimum absolute atomic E-state index is 0.0110. The average molecular weight is 237 g/mol. The van der Waals surface area contributed by atoms with Crippen molar-refractivity contribution >= 4 is 11.9 Å². The van der Waals surface area contributed by atoms with Gasteiger partial charge in [0.15, 0.2) is 0 Å². The number of esters is 1. The second-order valence-corrected chi connectivity index (χ2v) is 3.60. The Kier molecular flexibility index (Phi) is 5.16. The highest BCUT2D eigenvalue weighted by Gasteiger charge is 2.13. The Balaban J connectivity index is 2.24. The standard InChI is InChI=1S/C12H15NO4/c13-12(16)10(14)6-7-11(15)17-8-9-4-2-1-3-5-9/h1-5,10,14H,6-8H2,(H2,13,16). The SMILES string of the molecule is NC(=O)C(O)CCC(=O)OCc1ccccc1. The van der Waals surface area contributed by atoms with E-state index in [4.69, 9.17) is 15.6 Å². The number of benzene rings is 1. The van der Waals surface area contributed by atoms with Crippen LogP contribution in [0.2, 0.25) is 0 Å². The van der Waals surface area contributed by atoms with Gasteiger partial charge in [0.1, 0.15) is 12.7 Å². The van der Waals surface area contributed by atoms with E-state index in [1.807, 2.05) is 30.3 Å². The Morgan fingerprint density at radius 3 is 2.53 bits per heavy atom. The fourth-order valence-corrected chi connectivity index (χ4v) is 1.21. The molecule has 5 heteroatoms. The molecule has 0 fully saturated rings. The summed E-state index contributed by atoms with van der Waals surface area (Å²) in [6, 6.07) is 9.24. The fraction of sp³-hybridized carbons (Fsp3) is 0.333. The second-order valence-electron chi connectivity index (χ2n) is 3.60. The first-order valence-electron chi connectivity index (χ1n) is 5.26. The van der Waals surface area contributed by atoms with E-state index in [1.165, 1.54) is 0 Å². The molecule has 1 amide bonds. The van der Waals surface area contributed by atoms with Crippen LogP contribution < -0.4 is 5.73 Å². The minimum atomic E-state index is -1.29. The number of primary amides is 1. The molecule has 17 heavy (non-hydrogen) atoms. The fourth-order valence-electron chi connectivity index (χ4n) is 1.21. The summed E-state index contributed by atoms with van der Waals surface area (Å²) in [6.45, 7) is 0.187. The second kappa shape index (κ2) is 6.65. The topological polar surface area (TPSA) is 89.6 Å². The first-order chi connectivity index (χ1) is 8.09. The highest BCUT2D eigenvalue weighted by Crippen LogP contribution is 2.04. The number of hydrogen-bond donors (Lipinski definition) is 2. The summed E-state index contributed by atoms with van der Waals surface area (Å²) in [5.74, 6) is -1.30. The van der Waals surface area contributed by atoms with Gasteiger partial charge in [0, 0.05) is 6.42 Å². The van der Waals surface area contributed by atoms with E-state index < -0.39 is 18.0 Å². The summed E-state index contributed by atoms with van der Waals surface area (Å²) in [5, 5.41) is 9.08. The van der Waals surface area contributed by atoms with Gasteiger partial charge in [-0.15, -0.1) is 0 Å². The molecule has 1 rings (SSSR count). The van der Waals surface area contributed by atoms with Crippen LogP contribution in [0.5, 0.6) is 0 Å². The molecule has 0 spiro atoms. The zero-order chi connectivity index (χ0) is 12.7. The lowest BCUT2D eigenvalue weighted by Crippen LogP contribution is -2.28. The number of hydrogen-bond acceptors (Lipinski definition) is 4. The van der Waals surface area contributed by atoms with E-state index in [9.17, 15) is 9.59 Å². The molecule has 1 aromatic rings. The molecule has 0 aromatic heterocycles. The molecule has 0 aliphatic heterocycles. The van der Waals surface area contributed by atoms with Gasteiger partial charge >= 0.3 is 5.97 Å². The summed E-state index contributed by atoms with van der Waals surface area (Å²) < 4.78 is 4.96. The number of amides is 1. The molecular formula is C12H15NO4.